The van der Waals surface area contributed by atoms with Gasteiger partial charge in [-0.3, -0.25) is 0 Å². The molecule has 0 saturated heterocycles. The van der Waals surface area contributed by atoms with Gasteiger partial charge in [-0.1, -0.05) is 35.9 Å². The molecule has 2 nitrogen and oxygen atoms in total. The molecule has 0 N–H and O–H groups in total. The topological polar surface area (TPSA) is 33.0 Å². The van der Waals surface area contributed by atoms with Crippen molar-refractivity contribution in [2.75, 3.05) is 6.61 Å². The van der Waals surface area contributed by atoms with Gasteiger partial charge in [-0.2, -0.15) is 5.26 Å². The van der Waals surface area contributed by atoms with Gasteiger partial charge >= 0.3 is 0 Å². The molecule has 0 bridgehead atoms. The fraction of sp³-hybridized carbons (Fsp3) is 0.278. The summed E-state index contributed by atoms with van der Waals surface area (Å²) in [5, 5.41) is 9.57. The first kappa shape index (κ1) is 16.3. The van der Waals surface area contributed by atoms with Crippen LogP contribution in [0.2, 0.25) is 5.02 Å². The maximum atomic E-state index is 13.8. The summed E-state index contributed by atoms with van der Waals surface area (Å²) < 4.78 is 19.5. The van der Waals surface area contributed by atoms with Gasteiger partial charge in [0.15, 0.2) is 0 Å². The summed E-state index contributed by atoms with van der Waals surface area (Å²) in [4.78, 5) is 0. The third-order valence-electron chi connectivity index (χ3n) is 3.49. The monoisotopic (exact) mass is 317 g/mol. The molecule has 0 heterocycles. The zero-order chi connectivity index (χ0) is 15.9. The molecule has 22 heavy (non-hydrogen) atoms. The Morgan fingerprint density at radius 2 is 2.00 bits per heavy atom. The summed E-state index contributed by atoms with van der Waals surface area (Å²) in [6, 6.07) is 14.4. The molecule has 1 atom stereocenters. The van der Waals surface area contributed by atoms with Crippen LogP contribution in [0.1, 0.15) is 29.9 Å². The van der Waals surface area contributed by atoms with Gasteiger partial charge in [0.05, 0.1) is 18.6 Å². The largest absolute Gasteiger partial charge is 0.493 e. The lowest BCUT2D eigenvalue weighted by Gasteiger charge is -2.13. The number of para-hydroxylation sites is 1. The van der Waals surface area contributed by atoms with Crippen LogP contribution in [0.15, 0.2) is 42.5 Å². The van der Waals surface area contributed by atoms with Crippen LogP contribution < -0.4 is 4.74 Å². The number of benzene rings is 2. The number of hydrogen-bond acceptors (Lipinski definition) is 2. The molecule has 114 valence electrons. The molecule has 1 unspecified atom stereocenters. The first-order valence-electron chi connectivity index (χ1n) is 7.15. The zero-order valence-electron chi connectivity index (χ0n) is 12.4. The second kappa shape index (κ2) is 7.82. The summed E-state index contributed by atoms with van der Waals surface area (Å²) in [5.41, 5.74) is 1.35. The minimum absolute atomic E-state index is 0.280. The molecule has 0 aliphatic carbocycles. The van der Waals surface area contributed by atoms with Gasteiger partial charge < -0.3 is 4.74 Å². The molecule has 4 heteroatoms. The Labute approximate surface area is 135 Å². The van der Waals surface area contributed by atoms with Gasteiger partial charge in [0, 0.05) is 10.6 Å². The third kappa shape index (κ3) is 3.99. The molecule has 0 fully saturated rings. The lowest BCUT2D eigenvalue weighted by molar-refractivity contribution is 0.302. The zero-order valence-corrected chi connectivity index (χ0v) is 13.1. The molecule has 0 radical (unpaired) electrons. The summed E-state index contributed by atoms with van der Waals surface area (Å²) in [7, 11) is 0. The van der Waals surface area contributed by atoms with E-state index < -0.39 is 11.7 Å². The van der Waals surface area contributed by atoms with Crippen LogP contribution in [0.5, 0.6) is 5.75 Å². The Balaban J connectivity index is 1.93. The average Bonchev–Trinajstić information content (AvgIpc) is 2.51. The van der Waals surface area contributed by atoms with Gasteiger partial charge in [0.25, 0.3) is 0 Å². The second-order valence-electron chi connectivity index (χ2n) is 5.07. The van der Waals surface area contributed by atoms with E-state index in [0.29, 0.717) is 24.5 Å². The van der Waals surface area contributed by atoms with E-state index in [2.05, 4.69) is 6.07 Å². The molecule has 0 aliphatic rings. The summed E-state index contributed by atoms with van der Waals surface area (Å²) in [6.07, 6.45) is 1.15. The highest BCUT2D eigenvalue weighted by Crippen LogP contribution is 2.30. The van der Waals surface area contributed by atoms with Crippen molar-refractivity contribution in [2.24, 2.45) is 0 Å². The van der Waals surface area contributed by atoms with Crippen molar-refractivity contribution >= 4 is 11.6 Å². The highest BCUT2D eigenvalue weighted by atomic mass is 35.5. The lowest BCUT2D eigenvalue weighted by atomic mass is 9.95. The van der Waals surface area contributed by atoms with Crippen molar-refractivity contribution in [3.8, 4) is 11.8 Å². The van der Waals surface area contributed by atoms with Crippen molar-refractivity contribution < 1.29 is 9.13 Å². The Morgan fingerprint density at radius 1 is 1.23 bits per heavy atom. The van der Waals surface area contributed by atoms with Gasteiger partial charge in [-0.05, 0) is 43.5 Å². The molecule has 2 aromatic rings. The molecule has 0 aliphatic heterocycles. The van der Waals surface area contributed by atoms with Crippen LogP contribution >= 0.6 is 11.6 Å². The van der Waals surface area contributed by atoms with Crippen molar-refractivity contribution in [1.82, 2.24) is 0 Å². The predicted octanol–water partition coefficient (Wildman–Crippen LogP) is 5.25. The van der Waals surface area contributed by atoms with Crippen LogP contribution in [-0.4, -0.2) is 6.61 Å². The molecule has 0 aromatic heterocycles. The number of ether oxygens (including phenoxy) is 1. The lowest BCUT2D eigenvalue weighted by Crippen LogP contribution is -2.05. The number of aryl methyl sites for hydroxylation is 1. The molecular weight excluding hydrogens is 301 g/mol. The van der Waals surface area contributed by atoms with E-state index in [1.165, 1.54) is 12.1 Å². The predicted molar refractivity (Wildman–Crippen MR) is 85.7 cm³/mol. The second-order valence-corrected chi connectivity index (χ2v) is 5.48. The van der Waals surface area contributed by atoms with Gasteiger partial charge in [-0.15, -0.1) is 0 Å². The number of rotatable bonds is 6. The Hall–Kier alpha value is -2.05. The first-order chi connectivity index (χ1) is 10.6. The van der Waals surface area contributed by atoms with Gasteiger partial charge in [-0.25, -0.2) is 4.39 Å². The number of nitrogens with zero attached hydrogens (tertiary/aromatic N) is 1. The number of halogens is 2. The van der Waals surface area contributed by atoms with Gasteiger partial charge in [0.2, 0.25) is 0 Å². The number of nitriles is 1. The van der Waals surface area contributed by atoms with Crippen molar-refractivity contribution in [3.63, 3.8) is 0 Å². The van der Waals surface area contributed by atoms with E-state index in [1.807, 2.05) is 31.2 Å². The van der Waals surface area contributed by atoms with E-state index in [0.717, 1.165) is 11.3 Å². The van der Waals surface area contributed by atoms with Crippen molar-refractivity contribution in [2.45, 2.75) is 25.7 Å². The normalized spacial score (nSPS) is 11.7. The Kier molecular flexibility index (Phi) is 5.80. The van der Waals surface area contributed by atoms with Crippen LogP contribution in [0.4, 0.5) is 4.39 Å². The van der Waals surface area contributed by atoms with Crippen LogP contribution in [0.3, 0.4) is 0 Å². The van der Waals surface area contributed by atoms with E-state index >= 15 is 0 Å². The molecule has 0 spiro atoms. The molecule has 0 saturated carbocycles. The number of hydrogen-bond donors (Lipinski definition) is 0. The minimum atomic E-state index is -0.561. The Morgan fingerprint density at radius 3 is 2.68 bits per heavy atom. The quantitative estimate of drug-likeness (QED) is 0.681. The molecular formula is C18H17ClFNO. The van der Waals surface area contributed by atoms with E-state index in [1.54, 1.807) is 6.07 Å². The van der Waals surface area contributed by atoms with Gasteiger partial charge in [0.1, 0.15) is 11.6 Å². The highest BCUT2D eigenvalue weighted by Gasteiger charge is 2.18. The smallest absolute Gasteiger partial charge is 0.129 e. The van der Waals surface area contributed by atoms with E-state index in [4.69, 9.17) is 16.3 Å². The van der Waals surface area contributed by atoms with E-state index in [9.17, 15) is 9.65 Å². The first-order valence-corrected chi connectivity index (χ1v) is 7.53. The summed E-state index contributed by atoms with van der Waals surface area (Å²) in [5.74, 6) is -0.159. The minimum Gasteiger partial charge on any atom is -0.493 e. The average molecular weight is 318 g/mol. The SMILES string of the molecule is Cc1ccccc1OCCCC(C#N)c1c(F)cccc1Cl. The van der Waals surface area contributed by atoms with Crippen molar-refractivity contribution in [1.29, 1.82) is 5.26 Å². The summed E-state index contributed by atoms with van der Waals surface area (Å²) in [6.45, 7) is 2.46. The van der Waals surface area contributed by atoms with E-state index in [-0.39, 0.29) is 5.56 Å². The molecule has 2 rings (SSSR count). The fourth-order valence-corrected chi connectivity index (χ4v) is 2.60. The molecule has 2 aromatic carbocycles. The maximum Gasteiger partial charge on any atom is 0.129 e. The van der Waals surface area contributed by atoms with Crippen LogP contribution in [-0.2, 0) is 0 Å². The highest BCUT2D eigenvalue weighted by molar-refractivity contribution is 6.31. The van der Waals surface area contributed by atoms with Crippen molar-refractivity contribution in [3.05, 3.63) is 64.4 Å². The Bertz CT molecular complexity index is 661. The van der Waals surface area contributed by atoms with Crippen LogP contribution in [0.25, 0.3) is 0 Å². The van der Waals surface area contributed by atoms with Crippen LogP contribution in [0, 0.1) is 24.1 Å². The maximum absolute atomic E-state index is 13.8. The standard InChI is InChI=1S/C18H17ClFNO/c1-13-6-2-3-10-17(13)22-11-5-7-14(12-21)18-15(19)8-4-9-16(18)20/h2-4,6,8-10,14H,5,7,11H2,1H3. The molecule has 0 amide bonds. The third-order valence-corrected chi connectivity index (χ3v) is 3.82. The fourth-order valence-electron chi connectivity index (χ4n) is 2.30. The summed E-state index contributed by atoms with van der Waals surface area (Å²) >= 11 is 6.01.